The summed E-state index contributed by atoms with van der Waals surface area (Å²) >= 11 is 0. The van der Waals surface area contributed by atoms with Gasteiger partial charge in [-0.25, -0.2) is 9.59 Å². The average molecular weight is 247 g/mol. The lowest BCUT2D eigenvalue weighted by Crippen LogP contribution is -2.43. The van der Waals surface area contributed by atoms with Crippen molar-refractivity contribution in [2.24, 2.45) is 0 Å². The zero-order chi connectivity index (χ0) is 13.6. The Bertz CT molecular complexity index is 270. The fourth-order valence-electron chi connectivity index (χ4n) is 1.12. The highest BCUT2D eigenvalue weighted by molar-refractivity contribution is 5.79. The molecule has 0 aliphatic rings. The molecule has 0 aliphatic heterocycles. The zero-order valence-corrected chi connectivity index (χ0v) is 10.7. The Kier molecular flexibility index (Phi) is 5.95. The van der Waals surface area contributed by atoms with Gasteiger partial charge >= 0.3 is 12.1 Å². The third-order valence-electron chi connectivity index (χ3n) is 1.86. The number of ether oxygens (including phenoxy) is 1. The van der Waals surface area contributed by atoms with Crippen LogP contribution in [-0.2, 0) is 9.53 Å². The molecule has 0 bridgehead atoms. The molecule has 0 heterocycles. The Balaban J connectivity index is 4.26. The maximum Gasteiger partial charge on any atom is 0.408 e. The highest BCUT2D eigenvalue weighted by Crippen LogP contribution is 2.08. The van der Waals surface area contributed by atoms with Crippen LogP contribution in [0.1, 0.15) is 40.5 Å². The molecule has 2 unspecified atom stereocenters. The summed E-state index contributed by atoms with van der Waals surface area (Å²) in [6, 6.07) is -1.04. The van der Waals surface area contributed by atoms with E-state index >= 15 is 0 Å². The first-order valence-corrected chi connectivity index (χ1v) is 5.52. The van der Waals surface area contributed by atoms with Gasteiger partial charge in [-0.1, -0.05) is 0 Å². The van der Waals surface area contributed by atoms with Crippen LogP contribution in [0.3, 0.4) is 0 Å². The molecule has 0 aromatic heterocycles. The molecule has 100 valence electrons. The molecule has 0 saturated carbocycles. The molecule has 0 aromatic carbocycles. The van der Waals surface area contributed by atoms with E-state index in [2.05, 4.69) is 5.32 Å². The SMILES string of the molecule is CC(O)CCC(NC(=O)OC(C)(C)C)C(=O)O. The molecule has 6 nitrogen and oxygen atoms in total. The van der Waals surface area contributed by atoms with Crippen molar-refractivity contribution >= 4 is 12.1 Å². The van der Waals surface area contributed by atoms with Gasteiger partial charge in [0.2, 0.25) is 0 Å². The molecule has 2 atom stereocenters. The van der Waals surface area contributed by atoms with Gasteiger partial charge in [-0.3, -0.25) is 0 Å². The summed E-state index contributed by atoms with van der Waals surface area (Å²) in [7, 11) is 0. The predicted molar refractivity (Wildman–Crippen MR) is 61.7 cm³/mol. The maximum absolute atomic E-state index is 11.4. The van der Waals surface area contributed by atoms with Crippen molar-refractivity contribution in [3.63, 3.8) is 0 Å². The summed E-state index contributed by atoms with van der Waals surface area (Å²) in [5, 5.41) is 20.2. The Morgan fingerprint density at radius 3 is 2.18 bits per heavy atom. The van der Waals surface area contributed by atoms with Crippen molar-refractivity contribution < 1.29 is 24.5 Å². The van der Waals surface area contributed by atoms with Gasteiger partial charge in [0.05, 0.1) is 6.10 Å². The number of carbonyl (C=O) groups excluding carboxylic acids is 1. The first-order chi connectivity index (χ1) is 7.61. The number of carboxylic acid groups (broad SMARTS) is 1. The van der Waals surface area contributed by atoms with E-state index in [1.807, 2.05) is 0 Å². The number of carbonyl (C=O) groups is 2. The largest absolute Gasteiger partial charge is 0.480 e. The van der Waals surface area contributed by atoms with Gasteiger partial charge in [0.1, 0.15) is 11.6 Å². The van der Waals surface area contributed by atoms with Crippen LogP contribution in [-0.4, -0.2) is 40.0 Å². The summed E-state index contributed by atoms with van der Waals surface area (Å²) in [6.07, 6.45) is -0.910. The van der Waals surface area contributed by atoms with Crippen molar-refractivity contribution in [1.29, 1.82) is 0 Å². The van der Waals surface area contributed by atoms with Gasteiger partial charge in [0.25, 0.3) is 0 Å². The molecule has 0 radical (unpaired) electrons. The molecule has 0 fully saturated rings. The number of rotatable bonds is 5. The molecule has 0 rings (SSSR count). The highest BCUT2D eigenvalue weighted by atomic mass is 16.6. The molecule has 0 aromatic rings. The Labute approximate surface area is 101 Å². The van der Waals surface area contributed by atoms with Crippen LogP contribution >= 0.6 is 0 Å². The summed E-state index contributed by atoms with van der Waals surface area (Å²) < 4.78 is 4.95. The number of hydrogen-bond donors (Lipinski definition) is 3. The van der Waals surface area contributed by atoms with E-state index in [1.165, 1.54) is 0 Å². The Morgan fingerprint density at radius 1 is 1.29 bits per heavy atom. The summed E-state index contributed by atoms with van der Waals surface area (Å²) in [4.78, 5) is 22.2. The molecular weight excluding hydrogens is 226 g/mol. The molecule has 0 aliphatic carbocycles. The van der Waals surface area contributed by atoms with Crippen molar-refractivity contribution in [1.82, 2.24) is 5.32 Å². The smallest absolute Gasteiger partial charge is 0.408 e. The van der Waals surface area contributed by atoms with E-state index in [1.54, 1.807) is 27.7 Å². The van der Waals surface area contributed by atoms with E-state index in [9.17, 15) is 9.59 Å². The molecular formula is C11H21NO5. The van der Waals surface area contributed by atoms with E-state index in [4.69, 9.17) is 14.9 Å². The molecule has 0 saturated heterocycles. The number of alkyl carbamates (subject to hydrolysis) is 1. The predicted octanol–water partition coefficient (Wildman–Crippen LogP) is 1.13. The monoisotopic (exact) mass is 247 g/mol. The zero-order valence-electron chi connectivity index (χ0n) is 10.7. The second-order valence-electron chi connectivity index (χ2n) is 4.96. The number of aliphatic hydroxyl groups is 1. The lowest BCUT2D eigenvalue weighted by atomic mass is 10.1. The fourth-order valence-corrected chi connectivity index (χ4v) is 1.12. The van der Waals surface area contributed by atoms with E-state index in [0.29, 0.717) is 6.42 Å². The van der Waals surface area contributed by atoms with Crippen LogP contribution in [0, 0.1) is 0 Å². The normalized spacial score (nSPS) is 14.9. The van der Waals surface area contributed by atoms with Crippen molar-refractivity contribution in [2.45, 2.75) is 58.3 Å². The number of nitrogens with one attached hydrogen (secondary N) is 1. The molecule has 0 spiro atoms. The number of amides is 1. The minimum absolute atomic E-state index is 0.159. The average Bonchev–Trinajstić information content (AvgIpc) is 2.08. The van der Waals surface area contributed by atoms with Gasteiger partial charge in [-0.05, 0) is 40.5 Å². The van der Waals surface area contributed by atoms with Gasteiger partial charge in [0, 0.05) is 0 Å². The molecule has 1 amide bonds. The Morgan fingerprint density at radius 2 is 1.82 bits per heavy atom. The first-order valence-electron chi connectivity index (χ1n) is 5.52. The van der Waals surface area contributed by atoms with Crippen LogP contribution < -0.4 is 5.32 Å². The van der Waals surface area contributed by atoms with Gasteiger partial charge in [0.15, 0.2) is 0 Å². The second kappa shape index (κ2) is 6.44. The third kappa shape index (κ3) is 8.50. The summed E-state index contributed by atoms with van der Waals surface area (Å²) in [5.74, 6) is -1.14. The van der Waals surface area contributed by atoms with E-state index < -0.39 is 29.8 Å². The number of carboxylic acids is 1. The third-order valence-corrected chi connectivity index (χ3v) is 1.86. The molecule has 17 heavy (non-hydrogen) atoms. The van der Waals surface area contributed by atoms with Crippen molar-refractivity contribution in [3.05, 3.63) is 0 Å². The minimum atomic E-state index is -1.14. The number of aliphatic carboxylic acids is 1. The number of hydrogen-bond acceptors (Lipinski definition) is 4. The quantitative estimate of drug-likeness (QED) is 0.676. The number of aliphatic hydroxyl groups excluding tert-OH is 1. The minimum Gasteiger partial charge on any atom is -0.480 e. The van der Waals surface area contributed by atoms with Crippen molar-refractivity contribution in [3.8, 4) is 0 Å². The fraction of sp³-hybridized carbons (Fsp3) is 0.818. The standard InChI is InChI=1S/C11H21NO5/c1-7(13)5-6-8(9(14)15)12-10(16)17-11(2,3)4/h7-8,13H,5-6H2,1-4H3,(H,12,16)(H,14,15). The Hall–Kier alpha value is -1.30. The summed E-state index contributed by atoms with van der Waals surface area (Å²) in [5.41, 5.74) is -0.669. The van der Waals surface area contributed by atoms with Crippen LogP contribution in [0.2, 0.25) is 0 Å². The lowest BCUT2D eigenvalue weighted by molar-refractivity contribution is -0.139. The maximum atomic E-state index is 11.4. The first kappa shape index (κ1) is 15.7. The van der Waals surface area contributed by atoms with Crippen LogP contribution in [0.25, 0.3) is 0 Å². The molecule has 3 N–H and O–H groups in total. The van der Waals surface area contributed by atoms with Crippen LogP contribution in [0.5, 0.6) is 0 Å². The van der Waals surface area contributed by atoms with Crippen molar-refractivity contribution in [2.75, 3.05) is 0 Å². The van der Waals surface area contributed by atoms with Gasteiger partial charge < -0.3 is 20.3 Å². The highest BCUT2D eigenvalue weighted by Gasteiger charge is 2.23. The van der Waals surface area contributed by atoms with E-state index in [0.717, 1.165) is 0 Å². The molecule has 6 heteroatoms. The lowest BCUT2D eigenvalue weighted by Gasteiger charge is -2.22. The van der Waals surface area contributed by atoms with Gasteiger partial charge in [-0.15, -0.1) is 0 Å². The van der Waals surface area contributed by atoms with E-state index in [-0.39, 0.29) is 6.42 Å². The van der Waals surface area contributed by atoms with Gasteiger partial charge in [-0.2, -0.15) is 0 Å². The summed E-state index contributed by atoms with van der Waals surface area (Å²) in [6.45, 7) is 6.64. The van der Waals surface area contributed by atoms with Crippen LogP contribution in [0.15, 0.2) is 0 Å². The van der Waals surface area contributed by atoms with Crippen LogP contribution in [0.4, 0.5) is 4.79 Å². The second-order valence-corrected chi connectivity index (χ2v) is 4.96. The topological polar surface area (TPSA) is 95.9 Å².